The Kier molecular flexibility index (Phi) is 2.77. The summed E-state index contributed by atoms with van der Waals surface area (Å²) >= 11 is 0. The van der Waals surface area contributed by atoms with Crippen LogP contribution in [0.2, 0.25) is 0 Å². The minimum Gasteiger partial charge on any atom is -0.361 e. The van der Waals surface area contributed by atoms with Crippen molar-refractivity contribution in [2.45, 2.75) is 32.2 Å². The van der Waals surface area contributed by atoms with Crippen molar-refractivity contribution in [1.82, 2.24) is 4.90 Å². The Hall–Kier alpha value is -1.50. The second kappa shape index (κ2) is 4.31. The van der Waals surface area contributed by atoms with Gasteiger partial charge in [0.05, 0.1) is 0 Å². The molecule has 0 N–H and O–H groups in total. The van der Waals surface area contributed by atoms with Crippen LogP contribution in [-0.4, -0.2) is 17.0 Å². The lowest BCUT2D eigenvalue weighted by Crippen LogP contribution is -2.38. The van der Waals surface area contributed by atoms with Crippen molar-refractivity contribution in [2.24, 2.45) is 5.92 Å². The Morgan fingerprint density at radius 1 is 1.28 bits per heavy atom. The number of allylic oxidation sites excluding steroid dienone is 2. The van der Waals surface area contributed by atoms with Gasteiger partial charge in [-0.25, -0.2) is 0 Å². The molecule has 1 heterocycles. The molecule has 1 aromatic carbocycles. The molecular weight excluding hydrogens is 218 g/mol. The van der Waals surface area contributed by atoms with Crippen molar-refractivity contribution >= 4 is 5.70 Å². The van der Waals surface area contributed by atoms with Crippen LogP contribution in [0.5, 0.6) is 0 Å². The summed E-state index contributed by atoms with van der Waals surface area (Å²) < 4.78 is 0. The molecule has 1 saturated carbocycles. The van der Waals surface area contributed by atoms with Gasteiger partial charge in [-0.2, -0.15) is 0 Å². The number of benzene rings is 1. The predicted octanol–water partition coefficient (Wildman–Crippen LogP) is 4.09. The highest BCUT2D eigenvalue weighted by Crippen LogP contribution is 2.53. The Morgan fingerprint density at radius 2 is 2.00 bits per heavy atom. The molecule has 0 saturated heterocycles. The van der Waals surface area contributed by atoms with Crippen molar-refractivity contribution in [3.05, 3.63) is 54.1 Å². The zero-order valence-corrected chi connectivity index (χ0v) is 11.3. The lowest BCUT2D eigenvalue weighted by molar-refractivity contribution is 0.267. The summed E-state index contributed by atoms with van der Waals surface area (Å²) in [5.74, 6) is 0.820. The molecule has 2 atom stereocenters. The third kappa shape index (κ3) is 1.69. The van der Waals surface area contributed by atoms with Gasteiger partial charge in [0.25, 0.3) is 0 Å². The molecule has 1 nitrogen and oxygen atoms in total. The van der Waals surface area contributed by atoms with Crippen molar-refractivity contribution in [1.29, 1.82) is 0 Å². The zero-order chi connectivity index (χ0) is 12.6. The lowest BCUT2D eigenvalue weighted by Gasteiger charge is -2.37. The van der Waals surface area contributed by atoms with Crippen LogP contribution >= 0.6 is 0 Å². The summed E-state index contributed by atoms with van der Waals surface area (Å²) in [5.41, 5.74) is 3.14. The summed E-state index contributed by atoms with van der Waals surface area (Å²) in [4.78, 5) is 2.62. The van der Waals surface area contributed by atoms with Gasteiger partial charge in [0.2, 0.25) is 0 Å². The molecule has 1 aromatic rings. The van der Waals surface area contributed by atoms with Crippen LogP contribution in [0, 0.1) is 5.92 Å². The van der Waals surface area contributed by atoms with Crippen LogP contribution in [0.15, 0.2) is 48.6 Å². The molecule has 0 spiro atoms. The van der Waals surface area contributed by atoms with Crippen LogP contribution in [0.3, 0.4) is 0 Å². The van der Waals surface area contributed by atoms with Crippen LogP contribution < -0.4 is 0 Å². The monoisotopic (exact) mass is 239 g/mol. The highest BCUT2D eigenvalue weighted by molar-refractivity contribution is 5.68. The van der Waals surface area contributed by atoms with Crippen LogP contribution in [0.25, 0.3) is 5.70 Å². The van der Waals surface area contributed by atoms with E-state index >= 15 is 0 Å². The van der Waals surface area contributed by atoms with Crippen LogP contribution in [0.1, 0.15) is 32.3 Å². The minimum atomic E-state index is 0.409. The summed E-state index contributed by atoms with van der Waals surface area (Å²) in [5, 5.41) is 0. The van der Waals surface area contributed by atoms with Crippen LogP contribution in [-0.2, 0) is 0 Å². The molecule has 1 aliphatic carbocycles. The molecule has 2 aliphatic rings. The zero-order valence-electron chi connectivity index (χ0n) is 11.3. The summed E-state index contributed by atoms with van der Waals surface area (Å²) in [6.45, 7) is 5.76. The molecule has 0 bridgehead atoms. The molecule has 3 rings (SSSR count). The van der Waals surface area contributed by atoms with Gasteiger partial charge in [-0.3, -0.25) is 0 Å². The highest BCUT2D eigenvalue weighted by Gasteiger charge is 2.54. The standard InChI is InChI=1S/C17H21N/c1-3-17(13-14(17)2)18-12-8-7-11-16(18)15-9-5-4-6-10-15/h4-11,14H,3,12-13H2,1-2H3. The minimum absolute atomic E-state index is 0.409. The van der Waals surface area contributed by atoms with Crippen molar-refractivity contribution in [3.8, 4) is 0 Å². The molecule has 1 heteroatoms. The molecule has 0 aromatic heterocycles. The van der Waals surface area contributed by atoms with E-state index < -0.39 is 0 Å². The van der Waals surface area contributed by atoms with E-state index in [1.54, 1.807) is 0 Å². The average Bonchev–Trinajstić information content (AvgIpc) is 3.12. The van der Waals surface area contributed by atoms with Gasteiger partial charge >= 0.3 is 0 Å². The van der Waals surface area contributed by atoms with E-state index in [0.29, 0.717) is 5.54 Å². The van der Waals surface area contributed by atoms with E-state index in [1.807, 2.05) is 0 Å². The normalized spacial score (nSPS) is 30.2. The number of hydrogen-bond acceptors (Lipinski definition) is 1. The topological polar surface area (TPSA) is 3.24 Å². The Morgan fingerprint density at radius 3 is 2.61 bits per heavy atom. The number of nitrogens with zero attached hydrogens (tertiary/aromatic N) is 1. The van der Waals surface area contributed by atoms with Gasteiger partial charge in [0.1, 0.15) is 0 Å². The first kappa shape index (κ1) is 11.6. The van der Waals surface area contributed by atoms with E-state index in [0.717, 1.165) is 12.5 Å². The number of hydrogen-bond donors (Lipinski definition) is 0. The van der Waals surface area contributed by atoms with Crippen molar-refractivity contribution in [2.75, 3.05) is 6.54 Å². The first-order valence-electron chi connectivity index (χ1n) is 6.98. The molecule has 1 fully saturated rings. The summed E-state index contributed by atoms with van der Waals surface area (Å²) in [7, 11) is 0. The Bertz CT molecular complexity index is 482. The molecule has 0 radical (unpaired) electrons. The average molecular weight is 239 g/mol. The molecule has 18 heavy (non-hydrogen) atoms. The highest BCUT2D eigenvalue weighted by atomic mass is 15.2. The Labute approximate surface area is 110 Å². The van der Waals surface area contributed by atoms with E-state index in [1.165, 1.54) is 24.1 Å². The maximum absolute atomic E-state index is 2.62. The van der Waals surface area contributed by atoms with Gasteiger partial charge in [0.15, 0.2) is 0 Å². The fourth-order valence-electron chi connectivity index (χ4n) is 3.33. The second-order valence-electron chi connectivity index (χ2n) is 5.52. The van der Waals surface area contributed by atoms with E-state index in [2.05, 4.69) is 67.3 Å². The predicted molar refractivity (Wildman–Crippen MR) is 77.1 cm³/mol. The maximum atomic E-state index is 2.62. The fraction of sp³-hybridized carbons (Fsp3) is 0.412. The van der Waals surface area contributed by atoms with Crippen molar-refractivity contribution < 1.29 is 0 Å². The summed E-state index contributed by atoms with van der Waals surface area (Å²) in [6.07, 6.45) is 9.30. The summed E-state index contributed by atoms with van der Waals surface area (Å²) in [6, 6.07) is 10.8. The van der Waals surface area contributed by atoms with E-state index in [9.17, 15) is 0 Å². The first-order valence-corrected chi connectivity index (χ1v) is 6.98. The smallest absolute Gasteiger partial charge is 0.0447 e. The number of rotatable bonds is 3. The first-order chi connectivity index (χ1) is 8.78. The SMILES string of the molecule is CCC1(N2CC=CC=C2c2ccccc2)CC1C. The lowest BCUT2D eigenvalue weighted by atomic mass is 10.0. The molecule has 0 amide bonds. The molecular formula is C17H21N. The third-order valence-electron chi connectivity index (χ3n) is 4.61. The van der Waals surface area contributed by atoms with Gasteiger partial charge in [-0.15, -0.1) is 0 Å². The van der Waals surface area contributed by atoms with Crippen molar-refractivity contribution in [3.63, 3.8) is 0 Å². The quantitative estimate of drug-likeness (QED) is 0.768. The van der Waals surface area contributed by atoms with E-state index in [-0.39, 0.29) is 0 Å². The van der Waals surface area contributed by atoms with E-state index in [4.69, 9.17) is 0 Å². The van der Waals surface area contributed by atoms with Gasteiger partial charge in [-0.1, -0.05) is 56.3 Å². The van der Waals surface area contributed by atoms with Gasteiger partial charge in [-0.05, 0) is 30.4 Å². The third-order valence-corrected chi connectivity index (χ3v) is 4.61. The van der Waals surface area contributed by atoms with Gasteiger partial charge < -0.3 is 4.90 Å². The Balaban J connectivity index is 1.96. The fourth-order valence-corrected chi connectivity index (χ4v) is 3.33. The molecule has 2 unspecified atom stereocenters. The van der Waals surface area contributed by atoms with Gasteiger partial charge in [0, 0.05) is 17.8 Å². The molecule has 94 valence electrons. The second-order valence-corrected chi connectivity index (χ2v) is 5.52. The maximum Gasteiger partial charge on any atom is 0.0447 e. The molecule has 1 aliphatic heterocycles. The largest absolute Gasteiger partial charge is 0.361 e. The van der Waals surface area contributed by atoms with Crippen LogP contribution in [0.4, 0.5) is 0 Å².